The maximum atomic E-state index is 12.2. The molecule has 4 rings (SSSR count). The predicted octanol–water partition coefficient (Wildman–Crippen LogP) is 5.01. The van der Waals surface area contributed by atoms with Gasteiger partial charge in [-0.25, -0.2) is 0 Å². The molecule has 4 nitrogen and oxygen atoms in total. The van der Waals surface area contributed by atoms with Crippen LogP contribution in [0.4, 0.5) is 5.13 Å². The first-order chi connectivity index (χ1) is 13.3. The lowest BCUT2D eigenvalue weighted by atomic mass is 10.1. The van der Waals surface area contributed by atoms with Gasteiger partial charge in [0.05, 0.1) is 5.75 Å². The molecule has 6 heteroatoms. The summed E-state index contributed by atoms with van der Waals surface area (Å²) in [6.07, 6.45) is 0.722. The molecule has 0 aliphatic carbocycles. The van der Waals surface area contributed by atoms with Gasteiger partial charge in [-0.05, 0) is 28.5 Å². The molecule has 134 valence electrons. The minimum atomic E-state index is -0.0735. The maximum absolute atomic E-state index is 12.2. The van der Waals surface area contributed by atoms with Gasteiger partial charge in [-0.1, -0.05) is 72.0 Å². The van der Waals surface area contributed by atoms with E-state index in [4.69, 9.17) is 0 Å². The number of fused-ring (bicyclic) bond motifs is 1. The molecule has 0 radical (unpaired) electrons. The summed E-state index contributed by atoms with van der Waals surface area (Å²) in [7, 11) is 0. The molecule has 0 unspecified atom stereocenters. The summed E-state index contributed by atoms with van der Waals surface area (Å²) in [4.78, 5) is 13.3. The third-order valence-corrected chi connectivity index (χ3v) is 5.83. The Bertz CT molecular complexity index is 1060. The van der Waals surface area contributed by atoms with Gasteiger partial charge < -0.3 is 0 Å². The van der Waals surface area contributed by atoms with E-state index in [0.717, 1.165) is 16.3 Å². The quantitative estimate of drug-likeness (QED) is 0.469. The van der Waals surface area contributed by atoms with Gasteiger partial charge in [-0.3, -0.25) is 10.1 Å². The number of aromatic nitrogens is 2. The molecule has 0 fully saturated rings. The third kappa shape index (κ3) is 4.72. The van der Waals surface area contributed by atoms with Crippen molar-refractivity contribution in [2.45, 2.75) is 11.3 Å². The van der Waals surface area contributed by atoms with Crippen LogP contribution in [0.15, 0.2) is 77.7 Å². The number of thioether (sulfide) groups is 1. The highest BCUT2D eigenvalue weighted by atomic mass is 32.2. The molecule has 1 amide bonds. The van der Waals surface area contributed by atoms with E-state index in [-0.39, 0.29) is 5.91 Å². The molecule has 0 atom stereocenters. The van der Waals surface area contributed by atoms with E-state index in [1.165, 1.54) is 39.4 Å². The number of hydrogen-bond donors (Lipinski definition) is 1. The molecule has 0 aliphatic heterocycles. The Kier molecular flexibility index (Phi) is 5.46. The molecule has 0 saturated heterocycles. The molecule has 0 aliphatic rings. The lowest BCUT2D eigenvalue weighted by Gasteiger charge is -2.04. The van der Waals surface area contributed by atoms with Crippen molar-refractivity contribution >= 4 is 44.9 Å². The first-order valence-electron chi connectivity index (χ1n) is 8.54. The lowest BCUT2D eigenvalue weighted by Crippen LogP contribution is -2.13. The van der Waals surface area contributed by atoms with Crippen molar-refractivity contribution in [2.75, 3.05) is 11.1 Å². The average molecular weight is 392 g/mol. The molecule has 0 saturated carbocycles. The minimum absolute atomic E-state index is 0.0735. The number of nitrogens with zero attached hydrogens (tertiary/aromatic N) is 2. The second-order valence-corrected chi connectivity index (χ2v) is 8.12. The van der Waals surface area contributed by atoms with Gasteiger partial charge >= 0.3 is 0 Å². The van der Waals surface area contributed by atoms with Crippen molar-refractivity contribution in [1.29, 1.82) is 0 Å². The minimum Gasteiger partial charge on any atom is -0.300 e. The largest absolute Gasteiger partial charge is 0.300 e. The van der Waals surface area contributed by atoms with E-state index >= 15 is 0 Å². The van der Waals surface area contributed by atoms with Crippen LogP contribution in [-0.4, -0.2) is 21.9 Å². The first kappa shape index (κ1) is 17.7. The molecule has 27 heavy (non-hydrogen) atoms. The highest BCUT2D eigenvalue weighted by Crippen LogP contribution is 2.24. The number of anilines is 1. The van der Waals surface area contributed by atoms with E-state index < -0.39 is 0 Å². The summed E-state index contributed by atoms with van der Waals surface area (Å²) in [5.74, 6) is 0.266. The van der Waals surface area contributed by atoms with Crippen LogP contribution >= 0.6 is 23.1 Å². The van der Waals surface area contributed by atoms with Crippen molar-refractivity contribution in [3.8, 4) is 0 Å². The Morgan fingerprint density at radius 2 is 1.70 bits per heavy atom. The molecule has 4 aromatic rings. The second kappa shape index (κ2) is 8.33. The Labute approximate surface area is 165 Å². The van der Waals surface area contributed by atoms with Crippen LogP contribution in [-0.2, 0) is 11.2 Å². The Morgan fingerprint density at radius 1 is 0.926 bits per heavy atom. The number of rotatable bonds is 6. The highest BCUT2D eigenvalue weighted by Gasteiger charge is 2.09. The molecule has 1 heterocycles. The smallest absolute Gasteiger partial charge is 0.236 e. The van der Waals surface area contributed by atoms with Crippen LogP contribution in [0.5, 0.6) is 0 Å². The standard InChI is InChI=1S/C21H17N3OS2/c25-19(14-26-18-11-10-16-8-4-5-9-17(16)13-18)22-21-24-23-20(27-21)12-15-6-2-1-3-7-15/h1-11,13H,12,14H2,(H,22,24,25). The second-order valence-electron chi connectivity index (χ2n) is 6.01. The van der Waals surface area contributed by atoms with E-state index in [1.807, 2.05) is 36.4 Å². The third-order valence-electron chi connectivity index (χ3n) is 4.00. The number of hydrogen-bond acceptors (Lipinski definition) is 5. The zero-order valence-corrected chi connectivity index (χ0v) is 16.1. The van der Waals surface area contributed by atoms with Gasteiger partial charge in [0.15, 0.2) is 0 Å². The van der Waals surface area contributed by atoms with E-state index in [9.17, 15) is 4.79 Å². The molecule has 0 bridgehead atoms. The van der Waals surface area contributed by atoms with Crippen LogP contribution in [0.1, 0.15) is 10.6 Å². The van der Waals surface area contributed by atoms with Crippen LogP contribution < -0.4 is 5.32 Å². The van der Waals surface area contributed by atoms with Crippen LogP contribution in [0.3, 0.4) is 0 Å². The van der Waals surface area contributed by atoms with Gasteiger partial charge in [0.2, 0.25) is 11.0 Å². The fourth-order valence-corrected chi connectivity index (χ4v) is 4.24. The van der Waals surface area contributed by atoms with E-state index in [0.29, 0.717) is 10.9 Å². The highest BCUT2D eigenvalue weighted by molar-refractivity contribution is 8.00. The van der Waals surface area contributed by atoms with Crippen molar-refractivity contribution in [1.82, 2.24) is 10.2 Å². The molecule has 3 aromatic carbocycles. The van der Waals surface area contributed by atoms with Crippen molar-refractivity contribution in [2.24, 2.45) is 0 Å². The van der Waals surface area contributed by atoms with E-state index in [2.05, 4.69) is 51.9 Å². The fourth-order valence-electron chi connectivity index (χ4n) is 2.71. The molecule has 1 aromatic heterocycles. The van der Waals surface area contributed by atoms with E-state index in [1.54, 1.807) is 0 Å². The summed E-state index contributed by atoms with van der Waals surface area (Å²) in [6, 6.07) is 24.5. The van der Waals surface area contributed by atoms with Gasteiger partial charge in [0, 0.05) is 11.3 Å². The SMILES string of the molecule is O=C(CSc1ccc2ccccc2c1)Nc1nnc(Cc2ccccc2)s1. The number of nitrogens with one attached hydrogen (secondary N) is 1. The summed E-state index contributed by atoms with van der Waals surface area (Å²) in [5, 5.41) is 14.9. The zero-order chi connectivity index (χ0) is 18.5. The monoisotopic (exact) mass is 391 g/mol. The molecular formula is C21H17N3OS2. The number of benzene rings is 3. The van der Waals surface area contributed by atoms with Crippen molar-refractivity contribution in [3.63, 3.8) is 0 Å². The van der Waals surface area contributed by atoms with Gasteiger partial charge in [0.25, 0.3) is 0 Å². The van der Waals surface area contributed by atoms with Crippen LogP contribution in [0.25, 0.3) is 10.8 Å². The predicted molar refractivity (Wildman–Crippen MR) is 112 cm³/mol. The van der Waals surface area contributed by atoms with Crippen LogP contribution in [0.2, 0.25) is 0 Å². The molecule has 1 N–H and O–H groups in total. The lowest BCUT2D eigenvalue weighted by molar-refractivity contribution is -0.113. The van der Waals surface area contributed by atoms with Crippen molar-refractivity contribution in [3.05, 3.63) is 83.4 Å². The van der Waals surface area contributed by atoms with Gasteiger partial charge in [-0.2, -0.15) is 0 Å². The Hall–Kier alpha value is -2.70. The number of carbonyl (C=O) groups is 1. The summed E-state index contributed by atoms with van der Waals surface area (Å²) in [5.41, 5.74) is 1.18. The normalized spacial score (nSPS) is 10.8. The van der Waals surface area contributed by atoms with Gasteiger partial charge in [-0.15, -0.1) is 22.0 Å². The topological polar surface area (TPSA) is 54.9 Å². The Balaban J connectivity index is 1.32. The van der Waals surface area contributed by atoms with Gasteiger partial charge in [0.1, 0.15) is 5.01 Å². The summed E-state index contributed by atoms with van der Waals surface area (Å²) in [6.45, 7) is 0. The number of carbonyl (C=O) groups excluding carboxylic acids is 1. The Morgan fingerprint density at radius 3 is 2.56 bits per heavy atom. The molecule has 0 spiro atoms. The first-order valence-corrected chi connectivity index (χ1v) is 10.3. The summed E-state index contributed by atoms with van der Waals surface area (Å²) < 4.78 is 0. The summed E-state index contributed by atoms with van der Waals surface area (Å²) >= 11 is 2.93. The average Bonchev–Trinajstić information content (AvgIpc) is 3.13. The maximum Gasteiger partial charge on any atom is 0.236 e. The van der Waals surface area contributed by atoms with Crippen molar-refractivity contribution < 1.29 is 4.79 Å². The fraction of sp³-hybridized carbons (Fsp3) is 0.0952. The molecular weight excluding hydrogens is 374 g/mol. The number of amides is 1. The van der Waals surface area contributed by atoms with Crippen LogP contribution in [0, 0.1) is 0 Å². The zero-order valence-electron chi connectivity index (χ0n) is 14.5.